The predicted molar refractivity (Wildman–Crippen MR) is 118 cm³/mol. The van der Waals surface area contributed by atoms with Gasteiger partial charge in [0.2, 0.25) is 5.91 Å². The Morgan fingerprint density at radius 2 is 1.80 bits per heavy atom. The Morgan fingerprint density at radius 3 is 2.53 bits per heavy atom. The Kier molecular flexibility index (Phi) is 5.23. The number of hydrogen-bond acceptors (Lipinski definition) is 4. The van der Waals surface area contributed by atoms with Crippen molar-refractivity contribution in [3.8, 4) is 11.6 Å². The van der Waals surface area contributed by atoms with Gasteiger partial charge in [-0.25, -0.2) is 4.98 Å². The zero-order chi connectivity index (χ0) is 21.3. The number of nitrogens with one attached hydrogen (secondary N) is 1. The van der Waals surface area contributed by atoms with Crippen LogP contribution in [-0.2, 0) is 11.2 Å². The van der Waals surface area contributed by atoms with E-state index in [1.165, 1.54) is 0 Å². The second-order valence-electron chi connectivity index (χ2n) is 7.42. The van der Waals surface area contributed by atoms with Crippen molar-refractivity contribution in [1.29, 1.82) is 0 Å². The smallest absolute Gasteiger partial charge is 0.229 e. The van der Waals surface area contributed by atoms with E-state index in [-0.39, 0.29) is 12.3 Å². The molecular weight excluding hydrogens is 376 g/mol. The average Bonchev–Trinajstić information content (AvgIpc) is 3.09. The van der Waals surface area contributed by atoms with Gasteiger partial charge in [-0.05, 0) is 55.7 Å². The van der Waals surface area contributed by atoms with Gasteiger partial charge in [-0.3, -0.25) is 4.79 Å². The Balaban J connectivity index is 1.63. The summed E-state index contributed by atoms with van der Waals surface area (Å²) >= 11 is 0. The van der Waals surface area contributed by atoms with Crippen molar-refractivity contribution in [2.75, 3.05) is 12.4 Å². The maximum Gasteiger partial charge on any atom is 0.229 e. The molecule has 1 amide bonds. The molecule has 0 aliphatic heterocycles. The van der Waals surface area contributed by atoms with E-state index in [1.54, 1.807) is 11.8 Å². The number of para-hydroxylation sites is 1. The largest absolute Gasteiger partial charge is 0.497 e. The van der Waals surface area contributed by atoms with Crippen LogP contribution in [0.1, 0.15) is 22.4 Å². The summed E-state index contributed by atoms with van der Waals surface area (Å²) < 4.78 is 6.86. The van der Waals surface area contributed by atoms with Crippen molar-refractivity contribution in [2.24, 2.45) is 0 Å². The van der Waals surface area contributed by atoms with Gasteiger partial charge in [0, 0.05) is 11.5 Å². The third-order valence-electron chi connectivity index (χ3n) is 5.07. The van der Waals surface area contributed by atoms with E-state index >= 15 is 0 Å². The number of hydrogen-bond donors (Lipinski definition) is 1. The van der Waals surface area contributed by atoms with Crippen LogP contribution in [0.2, 0.25) is 0 Å². The lowest BCUT2D eigenvalue weighted by atomic mass is 10.1. The van der Waals surface area contributed by atoms with E-state index in [9.17, 15) is 4.79 Å². The Morgan fingerprint density at radius 1 is 1.03 bits per heavy atom. The minimum atomic E-state index is -0.116. The lowest BCUT2D eigenvalue weighted by Crippen LogP contribution is -2.17. The lowest BCUT2D eigenvalue weighted by molar-refractivity contribution is -0.115. The number of anilines is 1. The van der Waals surface area contributed by atoms with E-state index < -0.39 is 0 Å². The van der Waals surface area contributed by atoms with Crippen LogP contribution in [0.4, 0.5) is 5.82 Å². The number of pyridine rings is 1. The van der Waals surface area contributed by atoms with Crippen molar-refractivity contribution >= 4 is 22.6 Å². The number of nitrogens with zero attached hydrogens (tertiary/aromatic N) is 3. The number of benzene rings is 2. The molecule has 30 heavy (non-hydrogen) atoms. The first-order chi connectivity index (χ1) is 14.4. The van der Waals surface area contributed by atoms with Gasteiger partial charge < -0.3 is 10.1 Å². The number of carbonyl (C=O) groups is 1. The number of fused-ring (bicyclic) bond motifs is 1. The van der Waals surface area contributed by atoms with Crippen LogP contribution < -0.4 is 10.1 Å². The Bertz CT molecular complexity index is 1230. The standard InChI is InChI=1S/C24H24N4O2/c1-15-6-5-7-20-16(2)12-21(26-24(15)20)28-22(13-17(3)27-28)25-23(29)14-18-8-10-19(30-4)11-9-18/h5-13H,14H2,1-4H3,(H,25,29). The third kappa shape index (κ3) is 3.89. The summed E-state index contributed by atoms with van der Waals surface area (Å²) in [7, 11) is 1.62. The first-order valence-corrected chi connectivity index (χ1v) is 9.81. The van der Waals surface area contributed by atoms with Gasteiger partial charge in [-0.15, -0.1) is 0 Å². The second-order valence-corrected chi connectivity index (χ2v) is 7.42. The molecule has 0 unspecified atom stereocenters. The van der Waals surface area contributed by atoms with Gasteiger partial charge >= 0.3 is 0 Å². The van der Waals surface area contributed by atoms with Crippen molar-refractivity contribution < 1.29 is 9.53 Å². The van der Waals surface area contributed by atoms with Gasteiger partial charge in [0.1, 0.15) is 11.6 Å². The molecule has 2 aromatic heterocycles. The van der Waals surface area contributed by atoms with Crippen LogP contribution in [0.3, 0.4) is 0 Å². The summed E-state index contributed by atoms with van der Waals surface area (Å²) in [6, 6.07) is 17.5. The Labute approximate surface area is 175 Å². The lowest BCUT2D eigenvalue weighted by Gasteiger charge is -2.12. The summed E-state index contributed by atoms with van der Waals surface area (Å²) in [5.41, 5.74) is 4.87. The number of ether oxygens (including phenoxy) is 1. The highest BCUT2D eigenvalue weighted by molar-refractivity contribution is 5.92. The summed E-state index contributed by atoms with van der Waals surface area (Å²) in [6.45, 7) is 6.00. The SMILES string of the molecule is COc1ccc(CC(=O)Nc2cc(C)nn2-c2cc(C)c3cccc(C)c3n2)cc1. The van der Waals surface area contributed by atoms with Crippen LogP contribution in [0.25, 0.3) is 16.7 Å². The molecule has 152 valence electrons. The fourth-order valence-corrected chi connectivity index (χ4v) is 3.53. The van der Waals surface area contributed by atoms with Crippen LogP contribution in [0.5, 0.6) is 5.75 Å². The van der Waals surface area contributed by atoms with Crippen molar-refractivity contribution in [3.05, 3.63) is 77.0 Å². The molecule has 0 aliphatic rings. The minimum Gasteiger partial charge on any atom is -0.497 e. The number of rotatable bonds is 5. The van der Waals surface area contributed by atoms with Crippen molar-refractivity contribution in [1.82, 2.24) is 14.8 Å². The Hall–Kier alpha value is -3.67. The molecule has 0 spiro atoms. The maximum atomic E-state index is 12.7. The molecule has 2 aromatic carbocycles. The summed E-state index contributed by atoms with van der Waals surface area (Å²) in [4.78, 5) is 17.5. The first-order valence-electron chi connectivity index (χ1n) is 9.81. The van der Waals surface area contributed by atoms with E-state index in [0.717, 1.165) is 39.0 Å². The molecule has 0 radical (unpaired) electrons. The van der Waals surface area contributed by atoms with Crippen molar-refractivity contribution in [3.63, 3.8) is 0 Å². The molecule has 6 heteroatoms. The minimum absolute atomic E-state index is 0.116. The van der Waals surface area contributed by atoms with Crippen LogP contribution in [0, 0.1) is 20.8 Å². The quantitative estimate of drug-likeness (QED) is 0.534. The third-order valence-corrected chi connectivity index (χ3v) is 5.07. The zero-order valence-electron chi connectivity index (χ0n) is 17.6. The number of aryl methyl sites for hydroxylation is 3. The topological polar surface area (TPSA) is 69.0 Å². The molecule has 0 aliphatic carbocycles. The fraction of sp³-hybridized carbons (Fsp3) is 0.208. The maximum absolute atomic E-state index is 12.7. The summed E-state index contributed by atoms with van der Waals surface area (Å²) in [5.74, 6) is 1.93. The van der Waals surface area contributed by atoms with E-state index in [0.29, 0.717) is 11.6 Å². The molecule has 6 nitrogen and oxygen atoms in total. The second kappa shape index (κ2) is 7.99. The van der Waals surface area contributed by atoms with Gasteiger partial charge in [0.15, 0.2) is 5.82 Å². The summed E-state index contributed by atoms with van der Waals surface area (Å²) in [5, 5.41) is 8.66. The molecule has 0 saturated carbocycles. The highest BCUT2D eigenvalue weighted by Crippen LogP contribution is 2.24. The van der Waals surface area contributed by atoms with Crippen LogP contribution in [-0.4, -0.2) is 27.8 Å². The monoisotopic (exact) mass is 400 g/mol. The van der Waals surface area contributed by atoms with Gasteiger partial charge in [-0.2, -0.15) is 9.78 Å². The number of methoxy groups -OCH3 is 1. The zero-order valence-corrected chi connectivity index (χ0v) is 17.6. The number of amides is 1. The highest BCUT2D eigenvalue weighted by Gasteiger charge is 2.14. The molecular formula is C24H24N4O2. The van der Waals surface area contributed by atoms with E-state index in [4.69, 9.17) is 9.72 Å². The molecule has 0 fully saturated rings. The first kappa shape index (κ1) is 19.6. The van der Waals surface area contributed by atoms with Gasteiger partial charge in [0.25, 0.3) is 0 Å². The molecule has 4 rings (SSSR count). The molecule has 1 N–H and O–H groups in total. The van der Waals surface area contributed by atoms with Gasteiger partial charge in [-0.1, -0.05) is 30.3 Å². The van der Waals surface area contributed by atoms with Crippen molar-refractivity contribution in [2.45, 2.75) is 27.2 Å². The van der Waals surface area contributed by atoms with Crippen LogP contribution in [0.15, 0.2) is 54.6 Å². The van der Waals surface area contributed by atoms with E-state index in [2.05, 4.69) is 23.4 Å². The molecule has 4 aromatic rings. The van der Waals surface area contributed by atoms with Crippen LogP contribution >= 0.6 is 0 Å². The number of carbonyl (C=O) groups excluding carboxylic acids is 1. The molecule has 0 atom stereocenters. The summed E-state index contributed by atoms with van der Waals surface area (Å²) in [6.07, 6.45) is 0.261. The van der Waals surface area contributed by atoms with Gasteiger partial charge in [0.05, 0.1) is 24.7 Å². The predicted octanol–water partition coefficient (Wildman–Crippen LogP) is 4.54. The molecule has 0 saturated heterocycles. The normalized spacial score (nSPS) is 10.9. The molecule has 0 bridgehead atoms. The molecule has 2 heterocycles. The van der Waals surface area contributed by atoms with E-state index in [1.807, 2.05) is 62.4 Å². The average molecular weight is 400 g/mol. The highest BCUT2D eigenvalue weighted by atomic mass is 16.5. The fourth-order valence-electron chi connectivity index (χ4n) is 3.53. The number of aromatic nitrogens is 3.